The van der Waals surface area contributed by atoms with Crippen LogP contribution in [0.1, 0.15) is 44.2 Å². The summed E-state index contributed by atoms with van der Waals surface area (Å²) < 4.78 is 1.20. The van der Waals surface area contributed by atoms with Crippen LogP contribution >= 0.6 is 15.9 Å². The summed E-state index contributed by atoms with van der Waals surface area (Å²) in [4.78, 5) is 0. The maximum Gasteiger partial charge on any atom is 0.0208 e. The predicted octanol–water partition coefficient (Wildman–Crippen LogP) is 4.67. The Morgan fingerprint density at radius 1 is 1.22 bits per heavy atom. The Morgan fingerprint density at radius 3 is 2.67 bits per heavy atom. The van der Waals surface area contributed by atoms with Crippen molar-refractivity contribution in [3.63, 3.8) is 0 Å². The van der Waals surface area contributed by atoms with Crippen molar-refractivity contribution in [2.24, 2.45) is 11.8 Å². The van der Waals surface area contributed by atoms with Crippen LogP contribution in [0, 0.1) is 18.8 Å². The van der Waals surface area contributed by atoms with Crippen LogP contribution in [0.25, 0.3) is 0 Å². The molecule has 0 amide bonds. The van der Waals surface area contributed by atoms with E-state index in [-0.39, 0.29) is 0 Å². The zero-order chi connectivity index (χ0) is 13.1. The van der Waals surface area contributed by atoms with Gasteiger partial charge < -0.3 is 5.32 Å². The highest BCUT2D eigenvalue weighted by molar-refractivity contribution is 9.10. The lowest BCUT2D eigenvalue weighted by Crippen LogP contribution is -2.35. The first-order valence-electron chi connectivity index (χ1n) is 7.04. The van der Waals surface area contributed by atoms with E-state index in [2.05, 4.69) is 60.2 Å². The van der Waals surface area contributed by atoms with Crippen LogP contribution in [-0.4, -0.2) is 6.04 Å². The van der Waals surface area contributed by atoms with E-state index in [9.17, 15) is 0 Å². The minimum absolute atomic E-state index is 0.708. The maximum absolute atomic E-state index is 3.72. The monoisotopic (exact) mass is 309 g/mol. The Hall–Kier alpha value is -0.340. The zero-order valence-electron chi connectivity index (χ0n) is 11.7. The van der Waals surface area contributed by atoms with Crippen molar-refractivity contribution in [2.75, 3.05) is 0 Å². The Kier molecular flexibility index (Phi) is 4.85. The molecule has 1 aliphatic carbocycles. The molecular formula is C16H24BrN. The van der Waals surface area contributed by atoms with Gasteiger partial charge in [0.15, 0.2) is 0 Å². The first-order valence-corrected chi connectivity index (χ1v) is 7.84. The highest BCUT2D eigenvalue weighted by Gasteiger charge is 2.23. The molecule has 1 fully saturated rings. The molecule has 0 bridgehead atoms. The molecule has 0 radical (unpaired) electrons. The van der Waals surface area contributed by atoms with E-state index in [1.807, 2.05) is 0 Å². The summed E-state index contributed by atoms with van der Waals surface area (Å²) in [5.41, 5.74) is 2.71. The lowest BCUT2D eigenvalue weighted by atomic mass is 9.79. The lowest BCUT2D eigenvalue weighted by molar-refractivity contribution is 0.225. The predicted molar refractivity (Wildman–Crippen MR) is 81.7 cm³/mol. The summed E-state index contributed by atoms with van der Waals surface area (Å²) in [6.45, 7) is 7.93. The van der Waals surface area contributed by atoms with Crippen LogP contribution in [-0.2, 0) is 6.54 Å². The van der Waals surface area contributed by atoms with Crippen molar-refractivity contribution in [1.29, 1.82) is 0 Å². The lowest BCUT2D eigenvalue weighted by Gasteiger charge is -2.32. The second-order valence-electron chi connectivity index (χ2n) is 5.93. The van der Waals surface area contributed by atoms with Gasteiger partial charge in [0.1, 0.15) is 0 Å². The maximum atomic E-state index is 3.72. The summed E-state index contributed by atoms with van der Waals surface area (Å²) in [5.74, 6) is 1.76. The third-order valence-corrected chi connectivity index (χ3v) is 5.31. The molecule has 18 heavy (non-hydrogen) atoms. The summed E-state index contributed by atoms with van der Waals surface area (Å²) in [5, 5.41) is 3.72. The smallest absolute Gasteiger partial charge is 0.0208 e. The third-order valence-electron chi connectivity index (χ3n) is 4.42. The van der Waals surface area contributed by atoms with E-state index in [4.69, 9.17) is 0 Å². The Bertz CT molecular complexity index is 402. The number of nitrogens with one attached hydrogen (secondary N) is 1. The van der Waals surface area contributed by atoms with Gasteiger partial charge in [-0.2, -0.15) is 0 Å². The van der Waals surface area contributed by atoms with Crippen molar-refractivity contribution in [2.45, 2.75) is 52.6 Å². The number of halogens is 1. The number of hydrogen-bond acceptors (Lipinski definition) is 1. The van der Waals surface area contributed by atoms with Gasteiger partial charge in [0.25, 0.3) is 0 Å². The fourth-order valence-corrected chi connectivity index (χ4v) is 3.06. The summed E-state index contributed by atoms with van der Waals surface area (Å²) in [6, 6.07) is 7.34. The number of hydrogen-bond donors (Lipinski definition) is 1. The van der Waals surface area contributed by atoms with Crippen molar-refractivity contribution in [3.8, 4) is 0 Å². The minimum Gasteiger partial charge on any atom is -0.310 e. The average molecular weight is 310 g/mol. The van der Waals surface area contributed by atoms with Gasteiger partial charge in [0, 0.05) is 17.1 Å². The molecule has 0 spiro atoms. The van der Waals surface area contributed by atoms with Crippen molar-refractivity contribution >= 4 is 15.9 Å². The molecule has 0 heterocycles. The van der Waals surface area contributed by atoms with Crippen molar-refractivity contribution in [3.05, 3.63) is 33.8 Å². The standard InChI is InChI=1S/C16H24BrN/c1-11-4-6-15(9-12(11)2)18-10-14-5-7-16(17)13(3)8-14/h5,7-8,11-12,15,18H,4,6,9-10H2,1-3H3. The van der Waals surface area contributed by atoms with Gasteiger partial charge in [-0.3, -0.25) is 0 Å². The molecule has 2 rings (SSSR count). The van der Waals surface area contributed by atoms with Crippen LogP contribution in [0.4, 0.5) is 0 Å². The van der Waals surface area contributed by atoms with Crippen LogP contribution in [0.2, 0.25) is 0 Å². The highest BCUT2D eigenvalue weighted by Crippen LogP contribution is 2.29. The van der Waals surface area contributed by atoms with Gasteiger partial charge in [-0.25, -0.2) is 0 Å². The molecule has 1 aliphatic rings. The van der Waals surface area contributed by atoms with Gasteiger partial charge in [-0.1, -0.05) is 41.9 Å². The minimum atomic E-state index is 0.708. The topological polar surface area (TPSA) is 12.0 Å². The molecule has 0 aromatic heterocycles. The van der Waals surface area contributed by atoms with Gasteiger partial charge >= 0.3 is 0 Å². The molecule has 3 unspecified atom stereocenters. The van der Waals surface area contributed by atoms with E-state index in [1.54, 1.807) is 0 Å². The second kappa shape index (κ2) is 6.21. The molecule has 100 valence electrons. The van der Waals surface area contributed by atoms with Gasteiger partial charge in [0.05, 0.1) is 0 Å². The normalized spacial score (nSPS) is 28.3. The SMILES string of the molecule is Cc1cc(CNC2CCC(C)C(C)C2)ccc1Br. The van der Waals surface area contributed by atoms with Gasteiger partial charge in [0.2, 0.25) is 0 Å². The summed E-state index contributed by atoms with van der Waals surface area (Å²) in [7, 11) is 0. The van der Waals surface area contributed by atoms with Crippen LogP contribution < -0.4 is 5.32 Å². The Morgan fingerprint density at radius 2 is 2.00 bits per heavy atom. The van der Waals surface area contributed by atoms with E-state index >= 15 is 0 Å². The number of benzene rings is 1. The van der Waals surface area contributed by atoms with Crippen LogP contribution in [0.15, 0.2) is 22.7 Å². The molecule has 1 aromatic rings. The fraction of sp³-hybridized carbons (Fsp3) is 0.625. The Labute approximate surface area is 119 Å². The molecule has 3 atom stereocenters. The summed E-state index contributed by atoms with van der Waals surface area (Å²) >= 11 is 3.55. The average Bonchev–Trinajstić information content (AvgIpc) is 2.35. The molecule has 1 aromatic carbocycles. The van der Waals surface area contributed by atoms with Crippen molar-refractivity contribution in [1.82, 2.24) is 5.32 Å². The van der Waals surface area contributed by atoms with Gasteiger partial charge in [-0.15, -0.1) is 0 Å². The van der Waals surface area contributed by atoms with Crippen LogP contribution in [0.5, 0.6) is 0 Å². The number of aryl methyl sites for hydroxylation is 1. The van der Waals surface area contributed by atoms with Crippen molar-refractivity contribution < 1.29 is 0 Å². The molecule has 2 heteroatoms. The molecule has 1 saturated carbocycles. The highest BCUT2D eigenvalue weighted by atomic mass is 79.9. The van der Waals surface area contributed by atoms with Gasteiger partial charge in [-0.05, 0) is 55.2 Å². The number of rotatable bonds is 3. The third kappa shape index (κ3) is 3.58. The van der Waals surface area contributed by atoms with E-state index < -0.39 is 0 Å². The molecular weight excluding hydrogens is 286 g/mol. The van der Waals surface area contributed by atoms with E-state index in [0.717, 1.165) is 18.4 Å². The molecule has 1 nitrogen and oxygen atoms in total. The summed E-state index contributed by atoms with van der Waals surface area (Å²) in [6.07, 6.45) is 4.04. The molecule has 0 saturated heterocycles. The van der Waals surface area contributed by atoms with E-state index in [0.29, 0.717) is 6.04 Å². The van der Waals surface area contributed by atoms with E-state index in [1.165, 1.54) is 34.9 Å². The van der Waals surface area contributed by atoms with Crippen LogP contribution in [0.3, 0.4) is 0 Å². The first kappa shape index (κ1) is 14.1. The zero-order valence-corrected chi connectivity index (χ0v) is 13.3. The quantitative estimate of drug-likeness (QED) is 0.855. The second-order valence-corrected chi connectivity index (χ2v) is 6.78. The largest absolute Gasteiger partial charge is 0.310 e. The first-order chi connectivity index (χ1) is 8.56. The fourth-order valence-electron chi connectivity index (χ4n) is 2.81. The molecule has 1 N–H and O–H groups in total. The Balaban J connectivity index is 1.86. The molecule has 0 aliphatic heterocycles.